The fourth-order valence-corrected chi connectivity index (χ4v) is 2.18. The van der Waals surface area contributed by atoms with Gasteiger partial charge in [-0.3, -0.25) is 9.59 Å². The molecule has 0 aliphatic heterocycles. The van der Waals surface area contributed by atoms with Crippen LogP contribution in [0.4, 0.5) is 11.4 Å². The second kappa shape index (κ2) is 10.5. The van der Waals surface area contributed by atoms with Crippen molar-refractivity contribution in [1.29, 1.82) is 0 Å². The smallest absolute Gasteiger partial charge is 0.330 e. The highest BCUT2D eigenvalue weighted by Gasteiger charge is 2.09. The predicted octanol–water partition coefficient (Wildman–Crippen LogP) is 3.40. The van der Waals surface area contributed by atoms with Crippen LogP contribution < -0.4 is 15.4 Å². The molecule has 0 bridgehead atoms. The van der Waals surface area contributed by atoms with E-state index in [1.807, 2.05) is 6.92 Å². The van der Waals surface area contributed by atoms with Crippen molar-refractivity contribution in [2.45, 2.75) is 13.3 Å². The third kappa shape index (κ3) is 6.60. The van der Waals surface area contributed by atoms with E-state index in [1.54, 1.807) is 61.7 Å². The van der Waals surface area contributed by atoms with Crippen molar-refractivity contribution in [3.05, 3.63) is 66.2 Å². The topological polar surface area (TPSA) is 93.7 Å². The molecular weight excluding hydrogens is 360 g/mol. The lowest BCUT2D eigenvalue weighted by molar-refractivity contribution is -0.142. The Bertz CT molecular complexity index is 842. The summed E-state index contributed by atoms with van der Waals surface area (Å²) in [7, 11) is 1.57. The Labute approximate surface area is 163 Å². The molecule has 0 saturated heterocycles. The summed E-state index contributed by atoms with van der Waals surface area (Å²) in [5.74, 6) is -0.610. The summed E-state index contributed by atoms with van der Waals surface area (Å²) in [6.45, 7) is 1.50. The second-order valence-corrected chi connectivity index (χ2v) is 5.73. The molecule has 146 valence electrons. The Morgan fingerprint density at radius 1 is 0.929 bits per heavy atom. The molecule has 2 aromatic carbocycles. The third-order valence-corrected chi connectivity index (χ3v) is 3.61. The molecule has 2 amide bonds. The summed E-state index contributed by atoms with van der Waals surface area (Å²) >= 11 is 0. The van der Waals surface area contributed by atoms with Gasteiger partial charge in [0.15, 0.2) is 6.61 Å². The van der Waals surface area contributed by atoms with Crippen molar-refractivity contribution in [1.82, 2.24) is 0 Å². The number of carbonyl (C=O) groups excluding carboxylic acids is 3. The lowest BCUT2D eigenvalue weighted by Gasteiger charge is -2.08. The summed E-state index contributed by atoms with van der Waals surface area (Å²) in [5, 5.41) is 5.37. The third-order valence-electron chi connectivity index (χ3n) is 3.61. The molecular formula is C21H22N2O5. The van der Waals surface area contributed by atoms with Crippen LogP contribution in [0.25, 0.3) is 0 Å². The van der Waals surface area contributed by atoms with Gasteiger partial charge < -0.3 is 20.1 Å². The highest BCUT2D eigenvalue weighted by Crippen LogP contribution is 2.16. The monoisotopic (exact) mass is 382 g/mol. The van der Waals surface area contributed by atoms with Crippen molar-refractivity contribution in [3.8, 4) is 5.75 Å². The number of hydrogen-bond donors (Lipinski definition) is 2. The van der Waals surface area contributed by atoms with Gasteiger partial charge in [0, 0.05) is 23.0 Å². The molecule has 0 aromatic heterocycles. The molecule has 0 spiro atoms. The van der Waals surface area contributed by atoms with Crippen LogP contribution in [0.3, 0.4) is 0 Å². The first-order valence-electron chi connectivity index (χ1n) is 8.70. The zero-order valence-electron chi connectivity index (χ0n) is 15.7. The van der Waals surface area contributed by atoms with Crippen molar-refractivity contribution in [3.63, 3.8) is 0 Å². The van der Waals surface area contributed by atoms with Crippen LogP contribution in [0.2, 0.25) is 0 Å². The fraction of sp³-hybridized carbons (Fsp3) is 0.190. The van der Waals surface area contributed by atoms with Gasteiger partial charge in [-0.1, -0.05) is 13.0 Å². The average molecular weight is 382 g/mol. The van der Waals surface area contributed by atoms with Crippen LogP contribution in [0.1, 0.15) is 23.7 Å². The van der Waals surface area contributed by atoms with E-state index in [-0.39, 0.29) is 12.5 Å². The van der Waals surface area contributed by atoms with Gasteiger partial charge in [0.1, 0.15) is 5.75 Å². The standard InChI is InChI=1S/C21H22N2O5/c1-3-4-5-20(25)28-14-19(24)22-16-8-6-15(7-9-16)21(26)23-17-10-12-18(27-2)13-11-17/h4-13H,3,14H2,1-2H3,(H,22,24)(H,23,26)/b5-4+. The van der Waals surface area contributed by atoms with E-state index in [4.69, 9.17) is 9.47 Å². The number of ether oxygens (including phenoxy) is 2. The van der Waals surface area contributed by atoms with Crippen LogP contribution in [0.15, 0.2) is 60.7 Å². The molecule has 2 aromatic rings. The first kappa shape index (κ1) is 20.7. The number of rotatable bonds is 8. The number of benzene rings is 2. The zero-order valence-corrected chi connectivity index (χ0v) is 15.7. The van der Waals surface area contributed by atoms with E-state index in [0.717, 1.165) is 0 Å². The Morgan fingerprint density at radius 2 is 1.54 bits per heavy atom. The second-order valence-electron chi connectivity index (χ2n) is 5.73. The van der Waals surface area contributed by atoms with Crippen LogP contribution >= 0.6 is 0 Å². The number of anilines is 2. The number of nitrogens with one attached hydrogen (secondary N) is 2. The molecule has 0 radical (unpaired) electrons. The van der Waals surface area contributed by atoms with Crippen LogP contribution in [0, 0.1) is 0 Å². The summed E-state index contributed by atoms with van der Waals surface area (Å²) in [5.41, 5.74) is 1.57. The number of hydrogen-bond acceptors (Lipinski definition) is 5. The molecule has 2 rings (SSSR count). The largest absolute Gasteiger partial charge is 0.497 e. The molecule has 0 heterocycles. The molecule has 0 aliphatic rings. The minimum absolute atomic E-state index is 0.278. The Hall–Kier alpha value is -3.61. The molecule has 2 N–H and O–H groups in total. The van der Waals surface area contributed by atoms with Crippen LogP contribution in [-0.2, 0) is 14.3 Å². The number of allylic oxidation sites excluding steroid dienone is 1. The highest BCUT2D eigenvalue weighted by molar-refractivity contribution is 6.04. The predicted molar refractivity (Wildman–Crippen MR) is 106 cm³/mol. The lowest BCUT2D eigenvalue weighted by Crippen LogP contribution is -2.20. The van der Waals surface area contributed by atoms with Crippen molar-refractivity contribution in [2.75, 3.05) is 24.4 Å². The van der Waals surface area contributed by atoms with E-state index >= 15 is 0 Å². The maximum Gasteiger partial charge on any atom is 0.330 e. The summed E-state index contributed by atoms with van der Waals surface area (Å²) in [4.78, 5) is 35.4. The Morgan fingerprint density at radius 3 is 2.14 bits per heavy atom. The van der Waals surface area contributed by atoms with Gasteiger partial charge in [0.2, 0.25) is 0 Å². The van der Waals surface area contributed by atoms with E-state index in [9.17, 15) is 14.4 Å². The van der Waals surface area contributed by atoms with E-state index in [2.05, 4.69) is 10.6 Å². The summed E-state index contributed by atoms with van der Waals surface area (Å²) in [6, 6.07) is 13.3. The maximum absolute atomic E-state index is 12.3. The van der Waals surface area contributed by atoms with Gasteiger partial charge in [-0.15, -0.1) is 0 Å². The fourth-order valence-electron chi connectivity index (χ4n) is 2.18. The lowest BCUT2D eigenvalue weighted by atomic mass is 10.2. The number of methoxy groups -OCH3 is 1. The van der Waals surface area contributed by atoms with E-state index in [0.29, 0.717) is 29.1 Å². The van der Waals surface area contributed by atoms with Gasteiger partial charge in [-0.25, -0.2) is 4.79 Å². The summed E-state index contributed by atoms with van der Waals surface area (Å²) in [6.07, 6.45) is 3.64. The summed E-state index contributed by atoms with van der Waals surface area (Å²) < 4.78 is 9.89. The van der Waals surface area contributed by atoms with Crippen LogP contribution in [0.5, 0.6) is 5.75 Å². The van der Waals surface area contributed by atoms with Crippen molar-refractivity contribution < 1.29 is 23.9 Å². The van der Waals surface area contributed by atoms with E-state index in [1.165, 1.54) is 6.08 Å². The quantitative estimate of drug-likeness (QED) is 0.539. The molecule has 0 saturated carbocycles. The molecule has 0 aliphatic carbocycles. The number of esters is 1. The molecule has 0 atom stereocenters. The Kier molecular flexibility index (Phi) is 7.77. The molecule has 7 heteroatoms. The number of amides is 2. The Balaban J connectivity index is 1.86. The first-order valence-corrected chi connectivity index (χ1v) is 8.70. The molecule has 0 unspecified atom stereocenters. The van der Waals surface area contributed by atoms with Gasteiger partial charge in [0.05, 0.1) is 7.11 Å². The molecule has 7 nitrogen and oxygen atoms in total. The van der Waals surface area contributed by atoms with Gasteiger partial charge in [-0.2, -0.15) is 0 Å². The normalized spacial score (nSPS) is 10.4. The highest BCUT2D eigenvalue weighted by atomic mass is 16.5. The van der Waals surface area contributed by atoms with Gasteiger partial charge in [-0.05, 0) is 55.0 Å². The maximum atomic E-state index is 12.3. The average Bonchev–Trinajstić information content (AvgIpc) is 2.71. The minimum Gasteiger partial charge on any atom is -0.497 e. The van der Waals surface area contributed by atoms with E-state index < -0.39 is 11.9 Å². The SMILES string of the molecule is CC/C=C/C(=O)OCC(=O)Nc1ccc(C(=O)Nc2ccc(OC)cc2)cc1. The first-order chi connectivity index (χ1) is 13.5. The van der Waals surface area contributed by atoms with Crippen molar-refractivity contribution in [2.24, 2.45) is 0 Å². The molecule has 28 heavy (non-hydrogen) atoms. The molecule has 0 fully saturated rings. The zero-order chi connectivity index (χ0) is 20.4. The number of carbonyl (C=O) groups is 3. The van der Waals surface area contributed by atoms with Gasteiger partial charge in [0.25, 0.3) is 11.8 Å². The van der Waals surface area contributed by atoms with Gasteiger partial charge >= 0.3 is 5.97 Å². The van der Waals surface area contributed by atoms with Crippen molar-refractivity contribution >= 4 is 29.2 Å². The minimum atomic E-state index is -0.567. The van der Waals surface area contributed by atoms with Crippen LogP contribution in [-0.4, -0.2) is 31.5 Å².